The molecule has 0 saturated carbocycles. The molecular weight excluding hydrogens is 196 g/mol. The minimum absolute atomic E-state index is 0.566. The minimum atomic E-state index is -0.644. The van der Waals surface area contributed by atoms with Crippen molar-refractivity contribution >= 4 is 10.8 Å². The Kier molecular flexibility index (Phi) is 5.06. The summed E-state index contributed by atoms with van der Waals surface area (Å²) in [6, 6.07) is 1.18. The van der Waals surface area contributed by atoms with Crippen molar-refractivity contribution in [2.45, 2.75) is 32.4 Å². The predicted octanol–water partition coefficient (Wildman–Crippen LogP) is 0.437. The first kappa shape index (κ1) is 12.1. The van der Waals surface area contributed by atoms with Crippen LogP contribution in [-0.4, -0.2) is 52.8 Å². The van der Waals surface area contributed by atoms with Crippen LogP contribution in [0.5, 0.6) is 0 Å². The van der Waals surface area contributed by atoms with Gasteiger partial charge in [0.2, 0.25) is 0 Å². The van der Waals surface area contributed by atoms with Crippen LogP contribution in [0.1, 0.15) is 20.3 Å². The van der Waals surface area contributed by atoms with E-state index in [4.69, 9.17) is 0 Å². The maximum atomic E-state index is 11.0. The van der Waals surface area contributed by atoms with Gasteiger partial charge in [-0.2, -0.15) is 0 Å². The van der Waals surface area contributed by atoms with Crippen molar-refractivity contribution in [2.24, 2.45) is 0 Å². The standard InChI is InChI=1S/C10H22N2OS/c1-9(4-7-14(3)13)12-6-5-11-8-10(12)2/h9-11H,4-8H2,1-3H3. The zero-order valence-corrected chi connectivity index (χ0v) is 10.3. The van der Waals surface area contributed by atoms with Gasteiger partial charge in [-0.25, -0.2) is 0 Å². The largest absolute Gasteiger partial charge is 0.314 e. The maximum absolute atomic E-state index is 11.0. The van der Waals surface area contributed by atoms with Crippen LogP contribution in [0.25, 0.3) is 0 Å². The molecule has 1 aliphatic heterocycles. The smallest absolute Gasteiger partial charge is 0.0246 e. The van der Waals surface area contributed by atoms with Gasteiger partial charge >= 0.3 is 0 Å². The Morgan fingerprint density at radius 1 is 1.64 bits per heavy atom. The summed E-state index contributed by atoms with van der Waals surface area (Å²) >= 11 is 0. The molecule has 3 atom stereocenters. The van der Waals surface area contributed by atoms with Gasteiger partial charge in [0, 0.05) is 54.5 Å². The molecule has 1 rings (SSSR count). The van der Waals surface area contributed by atoms with Crippen molar-refractivity contribution in [3.05, 3.63) is 0 Å². The fourth-order valence-corrected chi connectivity index (χ4v) is 2.69. The molecule has 0 spiro atoms. The third kappa shape index (κ3) is 3.67. The van der Waals surface area contributed by atoms with E-state index in [-0.39, 0.29) is 0 Å². The molecule has 0 bridgehead atoms. The van der Waals surface area contributed by atoms with Crippen molar-refractivity contribution in [3.8, 4) is 0 Å². The van der Waals surface area contributed by atoms with Crippen molar-refractivity contribution in [3.63, 3.8) is 0 Å². The van der Waals surface area contributed by atoms with Gasteiger partial charge in [0.05, 0.1) is 0 Å². The molecule has 1 heterocycles. The lowest BCUT2D eigenvalue weighted by Crippen LogP contribution is -2.53. The summed E-state index contributed by atoms with van der Waals surface area (Å²) in [7, 11) is -0.644. The van der Waals surface area contributed by atoms with Crippen LogP contribution in [0, 0.1) is 0 Å². The summed E-state index contributed by atoms with van der Waals surface area (Å²) in [6.07, 6.45) is 2.83. The highest BCUT2D eigenvalue weighted by Gasteiger charge is 2.22. The molecule has 0 aromatic rings. The van der Waals surface area contributed by atoms with Gasteiger partial charge in [0.25, 0.3) is 0 Å². The van der Waals surface area contributed by atoms with Crippen LogP contribution >= 0.6 is 0 Å². The van der Waals surface area contributed by atoms with Crippen LogP contribution in [-0.2, 0) is 10.8 Å². The third-order valence-electron chi connectivity index (χ3n) is 2.94. The Hall–Kier alpha value is 0.0700. The number of nitrogens with zero attached hydrogens (tertiary/aromatic N) is 1. The molecule has 4 heteroatoms. The summed E-state index contributed by atoms with van der Waals surface area (Å²) in [5.74, 6) is 0.831. The Balaban J connectivity index is 2.34. The van der Waals surface area contributed by atoms with E-state index in [1.807, 2.05) is 0 Å². The monoisotopic (exact) mass is 218 g/mol. The first-order chi connectivity index (χ1) is 6.61. The summed E-state index contributed by atoms with van der Waals surface area (Å²) < 4.78 is 11.0. The number of nitrogens with one attached hydrogen (secondary N) is 1. The number of hydrogen-bond donors (Lipinski definition) is 1. The van der Waals surface area contributed by atoms with E-state index in [1.54, 1.807) is 6.26 Å². The third-order valence-corrected chi connectivity index (χ3v) is 3.75. The minimum Gasteiger partial charge on any atom is -0.314 e. The Morgan fingerprint density at radius 2 is 2.36 bits per heavy atom. The number of hydrogen-bond acceptors (Lipinski definition) is 3. The average molecular weight is 218 g/mol. The van der Waals surface area contributed by atoms with E-state index in [0.29, 0.717) is 12.1 Å². The quantitative estimate of drug-likeness (QED) is 0.743. The lowest BCUT2D eigenvalue weighted by atomic mass is 10.1. The molecular formula is C10H22N2OS. The van der Waals surface area contributed by atoms with Gasteiger partial charge < -0.3 is 5.32 Å². The van der Waals surface area contributed by atoms with Gasteiger partial charge in [0.15, 0.2) is 0 Å². The van der Waals surface area contributed by atoms with E-state index in [0.717, 1.165) is 31.8 Å². The fraction of sp³-hybridized carbons (Fsp3) is 1.00. The van der Waals surface area contributed by atoms with Crippen molar-refractivity contribution in [1.82, 2.24) is 10.2 Å². The summed E-state index contributed by atoms with van der Waals surface area (Å²) in [4.78, 5) is 2.52. The van der Waals surface area contributed by atoms with Gasteiger partial charge in [-0.15, -0.1) is 0 Å². The highest BCUT2D eigenvalue weighted by Crippen LogP contribution is 2.10. The van der Waals surface area contributed by atoms with E-state index in [1.165, 1.54) is 0 Å². The summed E-state index contributed by atoms with van der Waals surface area (Å²) in [6.45, 7) is 7.79. The zero-order valence-electron chi connectivity index (χ0n) is 9.45. The van der Waals surface area contributed by atoms with Gasteiger partial charge in [-0.3, -0.25) is 9.11 Å². The molecule has 0 radical (unpaired) electrons. The second-order valence-corrected chi connectivity index (χ2v) is 5.76. The molecule has 3 nitrogen and oxygen atoms in total. The van der Waals surface area contributed by atoms with Gasteiger partial charge in [0.1, 0.15) is 0 Å². The summed E-state index contributed by atoms with van der Waals surface area (Å²) in [5.41, 5.74) is 0. The number of rotatable bonds is 4. The molecule has 0 aromatic carbocycles. The summed E-state index contributed by atoms with van der Waals surface area (Å²) in [5, 5.41) is 3.38. The number of piperazine rings is 1. The highest BCUT2D eigenvalue weighted by molar-refractivity contribution is 7.84. The van der Waals surface area contributed by atoms with Gasteiger partial charge in [-0.1, -0.05) is 0 Å². The Morgan fingerprint density at radius 3 is 2.93 bits per heavy atom. The highest BCUT2D eigenvalue weighted by atomic mass is 32.2. The normalized spacial score (nSPS) is 28.6. The second-order valence-electron chi connectivity index (χ2n) is 4.21. The Labute approximate surface area is 89.7 Å². The molecule has 84 valence electrons. The first-order valence-corrected chi connectivity index (χ1v) is 7.10. The van der Waals surface area contributed by atoms with Crippen molar-refractivity contribution in [1.29, 1.82) is 0 Å². The predicted molar refractivity (Wildman–Crippen MR) is 62.1 cm³/mol. The van der Waals surface area contributed by atoms with Crippen LogP contribution in [0.4, 0.5) is 0 Å². The molecule has 1 fully saturated rings. The molecule has 14 heavy (non-hydrogen) atoms. The van der Waals surface area contributed by atoms with Gasteiger partial charge in [-0.05, 0) is 20.3 Å². The maximum Gasteiger partial charge on any atom is 0.0246 e. The molecule has 0 aromatic heterocycles. The van der Waals surface area contributed by atoms with Crippen LogP contribution in [0.3, 0.4) is 0 Å². The lowest BCUT2D eigenvalue weighted by Gasteiger charge is -2.38. The van der Waals surface area contributed by atoms with Crippen LogP contribution in [0.15, 0.2) is 0 Å². The zero-order chi connectivity index (χ0) is 10.6. The molecule has 1 N–H and O–H groups in total. The molecule has 1 saturated heterocycles. The first-order valence-electron chi connectivity index (χ1n) is 5.37. The van der Waals surface area contributed by atoms with Crippen LogP contribution < -0.4 is 5.32 Å². The second kappa shape index (κ2) is 5.83. The molecule has 1 aliphatic rings. The lowest BCUT2D eigenvalue weighted by molar-refractivity contribution is 0.123. The van der Waals surface area contributed by atoms with E-state index in [2.05, 4.69) is 24.1 Å². The van der Waals surface area contributed by atoms with E-state index >= 15 is 0 Å². The fourth-order valence-electron chi connectivity index (χ4n) is 2.01. The molecule has 0 amide bonds. The molecule has 3 unspecified atom stereocenters. The average Bonchev–Trinajstić information content (AvgIpc) is 2.15. The Bertz CT molecular complexity index is 199. The van der Waals surface area contributed by atoms with E-state index in [9.17, 15) is 4.21 Å². The van der Waals surface area contributed by atoms with Crippen LogP contribution in [0.2, 0.25) is 0 Å². The van der Waals surface area contributed by atoms with Crippen molar-refractivity contribution < 1.29 is 4.21 Å². The van der Waals surface area contributed by atoms with Crippen molar-refractivity contribution in [2.75, 3.05) is 31.6 Å². The molecule has 0 aliphatic carbocycles. The topological polar surface area (TPSA) is 32.3 Å². The van der Waals surface area contributed by atoms with E-state index < -0.39 is 10.8 Å². The SMILES string of the molecule is CC(CCS(C)=O)N1CCNCC1C.